The third-order valence-corrected chi connectivity index (χ3v) is 3.93. The molecule has 126 valence electrons. The second-order valence-electron chi connectivity index (χ2n) is 5.82. The minimum Gasteiger partial charge on any atom is -0.354 e. The number of aromatic nitrogens is 4. The zero-order chi connectivity index (χ0) is 17.1. The molecule has 8 nitrogen and oxygen atoms in total. The molecule has 23 heavy (non-hydrogen) atoms. The summed E-state index contributed by atoms with van der Waals surface area (Å²) in [6.07, 6.45) is 3.69. The van der Waals surface area contributed by atoms with Gasteiger partial charge in [0, 0.05) is 33.1 Å². The monoisotopic (exact) mass is 321 g/mol. The molecular formula is C15H23N5O3. The first-order valence-electron chi connectivity index (χ1n) is 7.77. The minimum absolute atomic E-state index is 0.0607. The van der Waals surface area contributed by atoms with E-state index in [0.29, 0.717) is 17.7 Å². The van der Waals surface area contributed by atoms with Gasteiger partial charge in [-0.05, 0) is 13.3 Å². The lowest BCUT2D eigenvalue weighted by atomic mass is 10.2. The number of fused-ring (bicyclic) bond motifs is 1. The number of amides is 1. The van der Waals surface area contributed by atoms with Crippen molar-refractivity contribution in [3.8, 4) is 0 Å². The largest absolute Gasteiger partial charge is 0.354 e. The summed E-state index contributed by atoms with van der Waals surface area (Å²) in [6.45, 7) is 4.38. The lowest BCUT2D eigenvalue weighted by molar-refractivity contribution is -0.121. The van der Waals surface area contributed by atoms with Crippen LogP contribution in [0, 0.1) is 0 Å². The van der Waals surface area contributed by atoms with E-state index in [-0.39, 0.29) is 18.4 Å². The molecule has 0 bridgehead atoms. The summed E-state index contributed by atoms with van der Waals surface area (Å²) in [5.74, 6) is -0.0607. The number of imidazole rings is 1. The first-order valence-corrected chi connectivity index (χ1v) is 7.77. The molecule has 0 saturated carbocycles. The number of nitrogens with one attached hydrogen (secondary N) is 1. The van der Waals surface area contributed by atoms with Crippen molar-refractivity contribution in [3.63, 3.8) is 0 Å². The molecule has 1 atom stereocenters. The van der Waals surface area contributed by atoms with E-state index in [1.165, 1.54) is 17.9 Å². The molecule has 2 aromatic rings. The Balaban J connectivity index is 2.21. The molecule has 0 unspecified atom stereocenters. The molecule has 0 aliphatic heterocycles. The van der Waals surface area contributed by atoms with E-state index < -0.39 is 11.2 Å². The molecule has 2 heterocycles. The number of rotatable bonds is 6. The van der Waals surface area contributed by atoms with Crippen LogP contribution in [0.25, 0.3) is 11.2 Å². The maximum atomic E-state index is 12.3. The third kappa shape index (κ3) is 3.35. The van der Waals surface area contributed by atoms with Crippen LogP contribution >= 0.6 is 0 Å². The highest BCUT2D eigenvalue weighted by atomic mass is 16.2. The van der Waals surface area contributed by atoms with Gasteiger partial charge in [-0.1, -0.05) is 13.3 Å². The number of hydrogen-bond donors (Lipinski definition) is 1. The highest BCUT2D eigenvalue weighted by Gasteiger charge is 2.15. The van der Waals surface area contributed by atoms with Gasteiger partial charge in [-0.2, -0.15) is 0 Å². The Morgan fingerprint density at radius 2 is 2.00 bits per heavy atom. The summed E-state index contributed by atoms with van der Waals surface area (Å²) >= 11 is 0. The van der Waals surface area contributed by atoms with E-state index in [1.54, 1.807) is 11.6 Å². The second-order valence-corrected chi connectivity index (χ2v) is 5.82. The highest BCUT2D eigenvalue weighted by molar-refractivity contribution is 5.76. The third-order valence-electron chi connectivity index (χ3n) is 3.93. The van der Waals surface area contributed by atoms with Crippen LogP contribution in [-0.4, -0.2) is 30.6 Å². The van der Waals surface area contributed by atoms with E-state index in [4.69, 9.17) is 0 Å². The van der Waals surface area contributed by atoms with Crippen LogP contribution < -0.4 is 16.6 Å². The van der Waals surface area contributed by atoms with Crippen molar-refractivity contribution < 1.29 is 4.79 Å². The summed E-state index contributed by atoms with van der Waals surface area (Å²) in [4.78, 5) is 40.2. The lowest BCUT2D eigenvalue weighted by Crippen LogP contribution is -2.37. The van der Waals surface area contributed by atoms with Gasteiger partial charge in [0.25, 0.3) is 5.56 Å². The molecule has 0 aliphatic carbocycles. The Kier molecular flexibility index (Phi) is 5.02. The highest BCUT2D eigenvalue weighted by Crippen LogP contribution is 2.06. The molecule has 2 rings (SSSR count). The van der Waals surface area contributed by atoms with E-state index in [2.05, 4.69) is 17.2 Å². The molecule has 2 aromatic heterocycles. The van der Waals surface area contributed by atoms with E-state index in [9.17, 15) is 14.4 Å². The number of carbonyl (C=O) groups is 1. The predicted octanol–water partition coefficient (Wildman–Crippen LogP) is 0.129. The molecule has 0 fully saturated rings. The molecule has 0 spiro atoms. The van der Waals surface area contributed by atoms with Crippen molar-refractivity contribution in [1.29, 1.82) is 0 Å². The number of hydrogen-bond acceptors (Lipinski definition) is 4. The van der Waals surface area contributed by atoms with Gasteiger partial charge in [0.15, 0.2) is 11.2 Å². The summed E-state index contributed by atoms with van der Waals surface area (Å²) in [7, 11) is 3.00. The van der Waals surface area contributed by atoms with E-state index in [1.807, 2.05) is 6.92 Å². The van der Waals surface area contributed by atoms with Gasteiger partial charge < -0.3 is 9.88 Å². The molecule has 1 N–H and O–H groups in total. The first kappa shape index (κ1) is 17.0. The van der Waals surface area contributed by atoms with Crippen LogP contribution in [0.4, 0.5) is 0 Å². The van der Waals surface area contributed by atoms with Crippen molar-refractivity contribution >= 4 is 17.1 Å². The topological polar surface area (TPSA) is 90.9 Å². The fourth-order valence-electron chi connectivity index (χ4n) is 2.64. The SMILES string of the molecule is CCC[C@@H](C)NC(=O)CCn1cnc2c1c(=O)n(C)c(=O)n2C. The molecule has 0 aromatic carbocycles. The average Bonchev–Trinajstić information content (AvgIpc) is 2.93. The van der Waals surface area contributed by atoms with Gasteiger partial charge in [0.2, 0.25) is 5.91 Å². The van der Waals surface area contributed by atoms with Crippen molar-refractivity contribution in [3.05, 3.63) is 27.2 Å². The smallest absolute Gasteiger partial charge is 0.332 e. The van der Waals surface area contributed by atoms with Crippen molar-refractivity contribution in [2.75, 3.05) is 0 Å². The van der Waals surface area contributed by atoms with Gasteiger partial charge in [0.05, 0.1) is 6.33 Å². The van der Waals surface area contributed by atoms with Gasteiger partial charge in [-0.15, -0.1) is 0 Å². The molecule has 0 saturated heterocycles. The maximum absolute atomic E-state index is 12.3. The Morgan fingerprint density at radius 1 is 1.30 bits per heavy atom. The van der Waals surface area contributed by atoms with Gasteiger partial charge in [-0.25, -0.2) is 9.78 Å². The fourth-order valence-corrected chi connectivity index (χ4v) is 2.64. The molecule has 0 radical (unpaired) electrons. The van der Waals surface area contributed by atoms with Gasteiger partial charge >= 0.3 is 5.69 Å². The van der Waals surface area contributed by atoms with E-state index in [0.717, 1.165) is 17.4 Å². The number of nitrogens with zero attached hydrogens (tertiary/aromatic N) is 4. The normalized spacial score (nSPS) is 12.5. The lowest BCUT2D eigenvalue weighted by Gasteiger charge is -2.13. The van der Waals surface area contributed by atoms with Crippen LogP contribution in [-0.2, 0) is 25.4 Å². The molecule has 1 amide bonds. The van der Waals surface area contributed by atoms with Crippen molar-refractivity contribution in [2.24, 2.45) is 14.1 Å². The van der Waals surface area contributed by atoms with Gasteiger partial charge in [0.1, 0.15) is 0 Å². The number of aryl methyl sites for hydroxylation is 2. The average molecular weight is 321 g/mol. The van der Waals surface area contributed by atoms with Crippen LogP contribution in [0.3, 0.4) is 0 Å². The van der Waals surface area contributed by atoms with Crippen molar-refractivity contribution in [1.82, 2.24) is 24.0 Å². The molecule has 0 aliphatic rings. The summed E-state index contributed by atoms with van der Waals surface area (Å²) in [5, 5.41) is 2.93. The second kappa shape index (κ2) is 6.80. The first-order chi connectivity index (χ1) is 10.9. The Morgan fingerprint density at radius 3 is 2.65 bits per heavy atom. The zero-order valence-electron chi connectivity index (χ0n) is 14.0. The van der Waals surface area contributed by atoms with Crippen LogP contribution in [0.15, 0.2) is 15.9 Å². The van der Waals surface area contributed by atoms with Crippen molar-refractivity contribution in [2.45, 2.75) is 45.7 Å². The maximum Gasteiger partial charge on any atom is 0.332 e. The Labute approximate surface area is 133 Å². The Bertz CT molecular complexity index is 830. The van der Waals surface area contributed by atoms with Crippen LogP contribution in [0.1, 0.15) is 33.1 Å². The summed E-state index contributed by atoms with van der Waals surface area (Å²) in [5.41, 5.74) is -0.152. The Hall–Kier alpha value is -2.38. The number of carbonyl (C=O) groups excluding carboxylic acids is 1. The summed E-state index contributed by atoms with van der Waals surface area (Å²) < 4.78 is 4.00. The molecular weight excluding hydrogens is 298 g/mol. The zero-order valence-corrected chi connectivity index (χ0v) is 14.0. The van der Waals surface area contributed by atoms with Crippen LogP contribution in [0.5, 0.6) is 0 Å². The summed E-state index contributed by atoms with van der Waals surface area (Å²) in [6, 6.07) is 0.140. The predicted molar refractivity (Wildman–Crippen MR) is 87.3 cm³/mol. The fraction of sp³-hybridized carbons (Fsp3) is 0.600. The minimum atomic E-state index is -0.418. The van der Waals surface area contributed by atoms with Gasteiger partial charge in [-0.3, -0.25) is 18.7 Å². The van der Waals surface area contributed by atoms with E-state index >= 15 is 0 Å². The molecule has 8 heteroatoms. The van der Waals surface area contributed by atoms with Crippen LogP contribution in [0.2, 0.25) is 0 Å². The standard InChI is InChI=1S/C15H23N5O3/c1-5-6-10(2)17-11(21)7-8-20-9-16-13-12(20)14(22)19(4)15(23)18(13)3/h9-10H,5-8H2,1-4H3,(H,17,21)/t10-/m1/s1. The quantitative estimate of drug-likeness (QED) is 0.818.